The van der Waals surface area contributed by atoms with Gasteiger partial charge in [-0.2, -0.15) is 0 Å². The molecule has 2 aromatic rings. The van der Waals surface area contributed by atoms with Gasteiger partial charge in [0.15, 0.2) is 0 Å². The summed E-state index contributed by atoms with van der Waals surface area (Å²) >= 11 is 3.38. The molecule has 1 atom stereocenters. The molecule has 4 nitrogen and oxygen atoms in total. The van der Waals surface area contributed by atoms with Crippen LogP contribution in [0.25, 0.3) is 0 Å². The lowest BCUT2D eigenvalue weighted by molar-refractivity contribution is 0.849. The predicted octanol–water partition coefficient (Wildman–Crippen LogP) is 2.18. The fourth-order valence-corrected chi connectivity index (χ4v) is 2.14. The molecular formula is C12H13BrN4. The molecule has 2 rings (SSSR count). The summed E-state index contributed by atoms with van der Waals surface area (Å²) < 4.78 is 0.894. The Hall–Kier alpha value is -1.46. The molecule has 5 heteroatoms. The quantitative estimate of drug-likeness (QED) is 0.889. The van der Waals surface area contributed by atoms with Gasteiger partial charge in [0.05, 0.1) is 6.04 Å². The van der Waals surface area contributed by atoms with Crippen LogP contribution in [0.1, 0.15) is 22.7 Å². The Morgan fingerprint density at radius 1 is 1.35 bits per heavy atom. The number of halogens is 1. The molecule has 0 saturated carbocycles. The Labute approximate surface area is 108 Å². The van der Waals surface area contributed by atoms with Crippen molar-refractivity contribution in [2.45, 2.75) is 13.0 Å². The Balaban J connectivity index is 2.47. The van der Waals surface area contributed by atoms with Crippen molar-refractivity contribution in [2.75, 3.05) is 5.73 Å². The average molecular weight is 293 g/mol. The summed E-state index contributed by atoms with van der Waals surface area (Å²) in [6.45, 7) is 1.97. The second-order valence-corrected chi connectivity index (χ2v) is 4.76. The standard InChI is InChI=1S/C12H13BrN4/c1-7-2-3-17-12(15)10(7)11(14)8-4-9(13)6-16-5-8/h2-6,11H,14H2,1H3,(H2,15,17). The highest BCUT2D eigenvalue weighted by molar-refractivity contribution is 9.10. The lowest BCUT2D eigenvalue weighted by atomic mass is 9.98. The molecule has 0 saturated heterocycles. The number of hydrogen-bond acceptors (Lipinski definition) is 4. The molecule has 4 N–H and O–H groups in total. The van der Waals surface area contributed by atoms with Gasteiger partial charge in [0.2, 0.25) is 0 Å². The van der Waals surface area contributed by atoms with E-state index in [0.717, 1.165) is 21.2 Å². The van der Waals surface area contributed by atoms with Crippen LogP contribution in [0.2, 0.25) is 0 Å². The lowest BCUT2D eigenvalue weighted by Gasteiger charge is -2.16. The van der Waals surface area contributed by atoms with Crippen LogP contribution in [-0.4, -0.2) is 9.97 Å². The van der Waals surface area contributed by atoms with Crippen molar-refractivity contribution < 1.29 is 0 Å². The maximum absolute atomic E-state index is 6.21. The second-order valence-electron chi connectivity index (χ2n) is 3.84. The molecule has 0 amide bonds. The third-order valence-electron chi connectivity index (χ3n) is 2.64. The third kappa shape index (κ3) is 2.45. The average Bonchev–Trinajstić information content (AvgIpc) is 2.28. The van der Waals surface area contributed by atoms with E-state index in [9.17, 15) is 0 Å². The SMILES string of the molecule is Cc1ccnc(N)c1C(N)c1cncc(Br)c1. The van der Waals surface area contributed by atoms with Crippen LogP contribution in [-0.2, 0) is 0 Å². The molecule has 0 aromatic carbocycles. The van der Waals surface area contributed by atoms with Gasteiger partial charge in [-0.3, -0.25) is 4.98 Å². The second kappa shape index (κ2) is 4.81. The van der Waals surface area contributed by atoms with Gasteiger partial charge in [-0.05, 0) is 46.1 Å². The number of rotatable bonds is 2. The van der Waals surface area contributed by atoms with Gasteiger partial charge in [0.25, 0.3) is 0 Å². The van der Waals surface area contributed by atoms with Crippen molar-refractivity contribution in [3.05, 3.63) is 51.9 Å². The van der Waals surface area contributed by atoms with Gasteiger partial charge >= 0.3 is 0 Å². The van der Waals surface area contributed by atoms with E-state index in [1.165, 1.54) is 0 Å². The molecule has 0 spiro atoms. The Bertz CT molecular complexity index is 522. The zero-order valence-electron chi connectivity index (χ0n) is 9.39. The molecule has 1 unspecified atom stereocenters. The summed E-state index contributed by atoms with van der Waals surface area (Å²) in [6, 6.07) is 3.52. The highest BCUT2D eigenvalue weighted by atomic mass is 79.9. The fraction of sp³-hybridized carbons (Fsp3) is 0.167. The van der Waals surface area contributed by atoms with E-state index in [1.807, 2.05) is 19.1 Å². The molecule has 2 aromatic heterocycles. The summed E-state index contributed by atoms with van der Waals surface area (Å²) in [6.07, 6.45) is 5.14. The van der Waals surface area contributed by atoms with E-state index in [-0.39, 0.29) is 6.04 Å². The van der Waals surface area contributed by atoms with Crippen LogP contribution in [0.4, 0.5) is 5.82 Å². The number of anilines is 1. The van der Waals surface area contributed by atoms with Gasteiger partial charge in [-0.15, -0.1) is 0 Å². The summed E-state index contributed by atoms with van der Waals surface area (Å²) in [4.78, 5) is 8.18. The number of nitrogens with zero attached hydrogens (tertiary/aromatic N) is 2. The van der Waals surface area contributed by atoms with E-state index >= 15 is 0 Å². The van der Waals surface area contributed by atoms with Crippen molar-refractivity contribution in [2.24, 2.45) is 5.73 Å². The summed E-state index contributed by atoms with van der Waals surface area (Å²) in [5.74, 6) is 0.470. The first-order chi connectivity index (χ1) is 8.09. The minimum atomic E-state index is -0.311. The molecule has 0 bridgehead atoms. The minimum Gasteiger partial charge on any atom is -0.383 e. The van der Waals surface area contributed by atoms with Gasteiger partial charge in [0, 0.05) is 28.6 Å². The topological polar surface area (TPSA) is 77.8 Å². The molecule has 0 fully saturated rings. The van der Waals surface area contributed by atoms with Crippen LogP contribution in [0, 0.1) is 6.92 Å². The van der Waals surface area contributed by atoms with Crippen LogP contribution in [0.5, 0.6) is 0 Å². The Morgan fingerprint density at radius 3 is 2.76 bits per heavy atom. The summed E-state index contributed by atoms with van der Waals surface area (Å²) in [5, 5.41) is 0. The number of aromatic nitrogens is 2. The molecule has 0 aliphatic carbocycles. The highest BCUT2D eigenvalue weighted by Gasteiger charge is 2.15. The van der Waals surface area contributed by atoms with Crippen molar-refractivity contribution >= 4 is 21.7 Å². The van der Waals surface area contributed by atoms with Gasteiger partial charge in [-0.25, -0.2) is 4.98 Å². The first kappa shape index (κ1) is 12.0. The molecule has 88 valence electrons. The normalized spacial score (nSPS) is 12.4. The molecular weight excluding hydrogens is 280 g/mol. The number of nitrogens with two attached hydrogens (primary N) is 2. The van der Waals surface area contributed by atoms with E-state index in [2.05, 4.69) is 25.9 Å². The van der Waals surface area contributed by atoms with Crippen molar-refractivity contribution in [3.63, 3.8) is 0 Å². The Kier molecular flexibility index (Phi) is 3.40. The minimum absolute atomic E-state index is 0.311. The molecule has 2 heterocycles. The lowest BCUT2D eigenvalue weighted by Crippen LogP contribution is -2.16. The predicted molar refractivity (Wildman–Crippen MR) is 71.4 cm³/mol. The number of hydrogen-bond donors (Lipinski definition) is 2. The maximum atomic E-state index is 6.21. The first-order valence-electron chi connectivity index (χ1n) is 5.16. The first-order valence-corrected chi connectivity index (χ1v) is 5.96. The zero-order chi connectivity index (χ0) is 12.4. The van der Waals surface area contributed by atoms with Crippen molar-refractivity contribution in [3.8, 4) is 0 Å². The van der Waals surface area contributed by atoms with Gasteiger partial charge in [0.1, 0.15) is 5.82 Å². The number of pyridine rings is 2. The molecule has 0 aliphatic heterocycles. The fourth-order valence-electron chi connectivity index (χ4n) is 1.76. The third-order valence-corrected chi connectivity index (χ3v) is 3.07. The van der Waals surface area contributed by atoms with E-state index in [0.29, 0.717) is 5.82 Å². The number of nitrogen functional groups attached to an aromatic ring is 1. The Morgan fingerprint density at radius 2 is 2.12 bits per heavy atom. The van der Waals surface area contributed by atoms with Crippen LogP contribution in [0.3, 0.4) is 0 Å². The monoisotopic (exact) mass is 292 g/mol. The van der Waals surface area contributed by atoms with E-state index in [1.54, 1.807) is 18.6 Å². The largest absolute Gasteiger partial charge is 0.383 e. The summed E-state index contributed by atoms with van der Waals surface area (Å²) in [7, 11) is 0. The molecule has 17 heavy (non-hydrogen) atoms. The van der Waals surface area contributed by atoms with Crippen LogP contribution in [0.15, 0.2) is 35.2 Å². The van der Waals surface area contributed by atoms with Crippen molar-refractivity contribution in [1.82, 2.24) is 9.97 Å². The van der Waals surface area contributed by atoms with E-state index < -0.39 is 0 Å². The van der Waals surface area contributed by atoms with Gasteiger partial charge < -0.3 is 11.5 Å². The molecule has 0 aliphatic rings. The van der Waals surface area contributed by atoms with Crippen LogP contribution >= 0.6 is 15.9 Å². The smallest absolute Gasteiger partial charge is 0.128 e. The van der Waals surface area contributed by atoms with E-state index in [4.69, 9.17) is 11.5 Å². The highest BCUT2D eigenvalue weighted by Crippen LogP contribution is 2.27. The number of aryl methyl sites for hydroxylation is 1. The molecule has 0 radical (unpaired) electrons. The van der Waals surface area contributed by atoms with Crippen molar-refractivity contribution in [1.29, 1.82) is 0 Å². The summed E-state index contributed by atoms with van der Waals surface area (Å²) in [5.41, 5.74) is 14.9. The maximum Gasteiger partial charge on any atom is 0.128 e. The zero-order valence-corrected chi connectivity index (χ0v) is 11.0. The van der Waals surface area contributed by atoms with Gasteiger partial charge in [-0.1, -0.05) is 0 Å². The van der Waals surface area contributed by atoms with Crippen LogP contribution < -0.4 is 11.5 Å².